The fraction of sp³-hybridized carbons (Fsp3) is 0.923. The minimum Gasteiger partial charge on any atom is -0.453 e. The topological polar surface area (TPSA) is 32.8 Å². The van der Waals surface area contributed by atoms with Crippen molar-refractivity contribution in [2.75, 3.05) is 20.2 Å². The van der Waals surface area contributed by atoms with Gasteiger partial charge in [-0.05, 0) is 25.7 Å². The van der Waals surface area contributed by atoms with Crippen molar-refractivity contribution in [3.05, 3.63) is 0 Å². The highest BCUT2D eigenvalue weighted by atomic mass is 16.5. The van der Waals surface area contributed by atoms with Crippen LogP contribution in [0.25, 0.3) is 0 Å². The molecule has 0 N–H and O–H groups in total. The number of ether oxygens (including phenoxy) is 1. The fourth-order valence-electron chi connectivity index (χ4n) is 3.44. The molecule has 1 amide bonds. The summed E-state index contributed by atoms with van der Waals surface area (Å²) < 4.78 is 4.89. The van der Waals surface area contributed by atoms with Gasteiger partial charge in [-0.2, -0.15) is 0 Å². The number of rotatable bonds is 3. The van der Waals surface area contributed by atoms with Crippen LogP contribution < -0.4 is 0 Å². The number of amides is 1. The highest BCUT2D eigenvalue weighted by molar-refractivity contribution is 5.69. The van der Waals surface area contributed by atoms with E-state index in [0.29, 0.717) is 18.1 Å². The summed E-state index contributed by atoms with van der Waals surface area (Å²) in [6.07, 6.45) is 4.54. The summed E-state index contributed by atoms with van der Waals surface area (Å²) in [6.45, 7) is 6.56. The van der Waals surface area contributed by atoms with Gasteiger partial charge in [-0.3, -0.25) is 9.80 Å². The van der Waals surface area contributed by atoms with E-state index >= 15 is 0 Å². The van der Waals surface area contributed by atoms with Gasteiger partial charge in [0.2, 0.25) is 0 Å². The third kappa shape index (κ3) is 2.28. The summed E-state index contributed by atoms with van der Waals surface area (Å²) in [5.41, 5.74) is 0. The lowest BCUT2D eigenvalue weighted by atomic mass is 10.1. The summed E-state index contributed by atoms with van der Waals surface area (Å²) in [5, 5.41) is 0. The highest BCUT2D eigenvalue weighted by Crippen LogP contribution is 2.32. The molecule has 4 nitrogen and oxygen atoms in total. The standard InChI is InChI=1S/C13H24N2O2/c1-4-10(5-2)14-8-11-6-7-12(9-14)15(11)13(16)17-3/h10-12H,4-9H2,1-3H3. The van der Waals surface area contributed by atoms with Gasteiger partial charge < -0.3 is 4.74 Å². The average molecular weight is 240 g/mol. The van der Waals surface area contributed by atoms with Crippen LogP contribution in [0, 0.1) is 0 Å². The number of methoxy groups -OCH3 is 1. The maximum atomic E-state index is 11.7. The van der Waals surface area contributed by atoms with E-state index in [-0.39, 0.29) is 6.09 Å². The molecule has 2 fully saturated rings. The zero-order chi connectivity index (χ0) is 12.4. The molecule has 4 heteroatoms. The molecule has 0 aromatic heterocycles. The zero-order valence-corrected chi connectivity index (χ0v) is 11.2. The minimum absolute atomic E-state index is 0.137. The molecule has 2 bridgehead atoms. The number of hydrogen-bond donors (Lipinski definition) is 0. The van der Waals surface area contributed by atoms with Crippen molar-refractivity contribution < 1.29 is 9.53 Å². The van der Waals surface area contributed by atoms with E-state index in [1.165, 1.54) is 20.0 Å². The smallest absolute Gasteiger partial charge is 0.410 e. The quantitative estimate of drug-likeness (QED) is 0.757. The molecule has 0 aliphatic carbocycles. The summed E-state index contributed by atoms with van der Waals surface area (Å²) >= 11 is 0. The molecular formula is C13H24N2O2. The number of carbonyl (C=O) groups is 1. The van der Waals surface area contributed by atoms with Gasteiger partial charge in [-0.25, -0.2) is 4.79 Å². The van der Waals surface area contributed by atoms with E-state index in [4.69, 9.17) is 4.74 Å². The van der Waals surface area contributed by atoms with Crippen LogP contribution in [0.3, 0.4) is 0 Å². The lowest BCUT2D eigenvalue weighted by molar-refractivity contribution is 0.0331. The predicted octanol–water partition coefficient (Wildman–Crippen LogP) is 2.09. The van der Waals surface area contributed by atoms with Gasteiger partial charge in [0.05, 0.1) is 7.11 Å². The van der Waals surface area contributed by atoms with Gasteiger partial charge in [0.25, 0.3) is 0 Å². The first-order valence-electron chi connectivity index (χ1n) is 6.81. The molecule has 2 atom stereocenters. The van der Waals surface area contributed by atoms with Crippen LogP contribution >= 0.6 is 0 Å². The van der Waals surface area contributed by atoms with Crippen LogP contribution in [0.4, 0.5) is 4.79 Å². The van der Waals surface area contributed by atoms with Crippen molar-refractivity contribution in [1.82, 2.24) is 9.80 Å². The normalized spacial score (nSPS) is 28.8. The lowest BCUT2D eigenvalue weighted by Gasteiger charge is -2.43. The van der Waals surface area contributed by atoms with Crippen LogP contribution in [0.15, 0.2) is 0 Å². The first kappa shape index (κ1) is 12.7. The second kappa shape index (κ2) is 5.25. The second-order valence-corrected chi connectivity index (χ2v) is 5.19. The Kier molecular flexibility index (Phi) is 3.92. The van der Waals surface area contributed by atoms with E-state index < -0.39 is 0 Å². The molecule has 0 saturated carbocycles. The van der Waals surface area contributed by atoms with Gasteiger partial charge in [-0.15, -0.1) is 0 Å². The maximum Gasteiger partial charge on any atom is 0.410 e. The lowest BCUT2D eigenvalue weighted by Crippen LogP contribution is -2.57. The molecular weight excluding hydrogens is 216 g/mol. The Labute approximate surface area is 104 Å². The Morgan fingerprint density at radius 2 is 1.76 bits per heavy atom. The van der Waals surface area contributed by atoms with Crippen molar-refractivity contribution in [3.63, 3.8) is 0 Å². The van der Waals surface area contributed by atoms with Gasteiger partial charge in [0, 0.05) is 31.2 Å². The van der Waals surface area contributed by atoms with Crippen LogP contribution in [-0.4, -0.2) is 54.2 Å². The second-order valence-electron chi connectivity index (χ2n) is 5.19. The first-order chi connectivity index (χ1) is 8.21. The number of likely N-dealkylation sites (tertiary alicyclic amines) is 1. The minimum atomic E-state index is -0.137. The Morgan fingerprint density at radius 3 is 2.18 bits per heavy atom. The van der Waals surface area contributed by atoms with E-state index in [9.17, 15) is 4.79 Å². The third-order valence-electron chi connectivity index (χ3n) is 4.35. The predicted molar refractivity (Wildman–Crippen MR) is 67.0 cm³/mol. The molecule has 0 spiro atoms. The van der Waals surface area contributed by atoms with E-state index in [1.54, 1.807) is 0 Å². The molecule has 0 aromatic rings. The highest BCUT2D eigenvalue weighted by Gasteiger charge is 2.44. The molecule has 0 aromatic carbocycles. The van der Waals surface area contributed by atoms with E-state index in [0.717, 1.165) is 25.9 Å². The summed E-state index contributed by atoms with van der Waals surface area (Å²) in [6, 6.07) is 1.43. The SMILES string of the molecule is CCC(CC)N1CC2CCC(C1)N2C(=O)OC. The number of nitrogens with zero attached hydrogens (tertiary/aromatic N) is 2. The summed E-state index contributed by atoms with van der Waals surface area (Å²) in [4.78, 5) is 16.3. The van der Waals surface area contributed by atoms with E-state index in [2.05, 4.69) is 18.7 Å². The first-order valence-corrected chi connectivity index (χ1v) is 6.81. The number of piperazine rings is 1. The molecule has 2 rings (SSSR count). The van der Waals surface area contributed by atoms with Gasteiger partial charge >= 0.3 is 6.09 Å². The molecule has 0 radical (unpaired) electrons. The zero-order valence-electron chi connectivity index (χ0n) is 11.2. The van der Waals surface area contributed by atoms with Crippen molar-refractivity contribution in [3.8, 4) is 0 Å². The number of fused-ring (bicyclic) bond motifs is 2. The van der Waals surface area contributed by atoms with Gasteiger partial charge in [0.1, 0.15) is 0 Å². The molecule has 2 aliphatic rings. The van der Waals surface area contributed by atoms with E-state index in [1.807, 2.05) is 4.90 Å². The van der Waals surface area contributed by atoms with Crippen LogP contribution in [0.2, 0.25) is 0 Å². The van der Waals surface area contributed by atoms with Crippen molar-refractivity contribution in [2.24, 2.45) is 0 Å². The van der Waals surface area contributed by atoms with Crippen molar-refractivity contribution >= 4 is 6.09 Å². The maximum absolute atomic E-state index is 11.7. The molecule has 2 unspecified atom stereocenters. The van der Waals surface area contributed by atoms with Gasteiger partial charge in [0.15, 0.2) is 0 Å². The Hall–Kier alpha value is -0.770. The Bertz CT molecular complexity index is 265. The third-order valence-corrected chi connectivity index (χ3v) is 4.35. The van der Waals surface area contributed by atoms with Crippen molar-refractivity contribution in [2.45, 2.75) is 57.7 Å². The van der Waals surface area contributed by atoms with Gasteiger partial charge in [-0.1, -0.05) is 13.8 Å². The van der Waals surface area contributed by atoms with Crippen molar-refractivity contribution in [1.29, 1.82) is 0 Å². The molecule has 17 heavy (non-hydrogen) atoms. The fourth-order valence-corrected chi connectivity index (χ4v) is 3.44. The number of carbonyl (C=O) groups excluding carboxylic acids is 1. The average Bonchev–Trinajstić information content (AvgIpc) is 2.61. The largest absolute Gasteiger partial charge is 0.453 e. The van der Waals surface area contributed by atoms with Crippen LogP contribution in [0.1, 0.15) is 39.5 Å². The summed E-state index contributed by atoms with van der Waals surface area (Å²) in [7, 11) is 1.48. The summed E-state index contributed by atoms with van der Waals surface area (Å²) in [5.74, 6) is 0. The molecule has 2 aliphatic heterocycles. The Morgan fingerprint density at radius 1 is 1.24 bits per heavy atom. The Balaban J connectivity index is 2.03. The van der Waals surface area contributed by atoms with Crippen LogP contribution in [-0.2, 0) is 4.74 Å². The monoisotopic (exact) mass is 240 g/mol. The molecule has 2 saturated heterocycles. The van der Waals surface area contributed by atoms with Crippen LogP contribution in [0.5, 0.6) is 0 Å². The molecule has 2 heterocycles. The number of hydrogen-bond acceptors (Lipinski definition) is 3. The molecule has 98 valence electrons.